The summed E-state index contributed by atoms with van der Waals surface area (Å²) in [4.78, 5) is 45.7. The lowest BCUT2D eigenvalue weighted by molar-refractivity contribution is -0.179. The summed E-state index contributed by atoms with van der Waals surface area (Å²) in [6, 6.07) is -0.390. The van der Waals surface area contributed by atoms with Crippen LogP contribution in [0.3, 0.4) is 0 Å². The van der Waals surface area contributed by atoms with Crippen molar-refractivity contribution in [2.75, 3.05) is 38.7 Å². The molecule has 3 aliphatic rings. The van der Waals surface area contributed by atoms with E-state index in [4.69, 9.17) is 15.2 Å². The molecule has 1 amide bonds. The van der Waals surface area contributed by atoms with Crippen molar-refractivity contribution in [3.63, 3.8) is 0 Å². The summed E-state index contributed by atoms with van der Waals surface area (Å²) in [5, 5.41) is -0.0459. The Hall–Kier alpha value is -1.81. The predicted octanol–water partition coefficient (Wildman–Crippen LogP) is 1.85. The molecule has 2 N–H and O–H groups in total. The van der Waals surface area contributed by atoms with E-state index in [0.29, 0.717) is 5.75 Å². The third-order valence-electron chi connectivity index (χ3n) is 6.55. The molecular weight excluding hydrogens is 444 g/mol. The molecule has 0 bridgehead atoms. The normalized spacial score (nSPS) is 28.5. The van der Waals surface area contributed by atoms with Crippen LogP contribution in [-0.2, 0) is 23.9 Å². The van der Waals surface area contributed by atoms with Gasteiger partial charge in [0.05, 0.1) is 17.2 Å². The van der Waals surface area contributed by atoms with E-state index in [1.165, 1.54) is 6.42 Å². The van der Waals surface area contributed by atoms with E-state index in [1.807, 2.05) is 6.34 Å². The summed E-state index contributed by atoms with van der Waals surface area (Å²) in [5.74, 6) is 0.303. The van der Waals surface area contributed by atoms with Crippen molar-refractivity contribution in [2.45, 2.75) is 64.8 Å². The zero-order valence-electron chi connectivity index (χ0n) is 20.2. The number of rotatable bonds is 8. The molecule has 3 rings (SSSR count). The quantitative estimate of drug-likeness (QED) is 0.183. The van der Waals surface area contributed by atoms with Crippen LogP contribution in [0.15, 0.2) is 4.99 Å². The number of likely N-dealkylation sites (tertiary alicyclic amines) is 1. The standard InChI is InChI=1S/C23H38N4O5S/c1-22(2,3)20(29)31-15-32-21(30)23(4)12-27-18(28)17(19(27)33-13-23)25-14-26-10-7-16(8-11-26)6-5-9-24/h14,16-17,19H,5-13,15,24H2,1-4H3/t17?,19-,23?/m1/s1. The van der Waals surface area contributed by atoms with Crippen LogP contribution in [0.5, 0.6) is 0 Å². The SMILES string of the molecule is CC(C)(C)C(=O)OCOC(=O)C1(C)CS[C@@H]2C(N=CN3CCC(CCCN)CC3)C(=O)N2C1. The summed E-state index contributed by atoms with van der Waals surface area (Å²) in [6.07, 6.45) is 6.39. The number of β-lactam (4-membered cyclic amide) rings is 1. The first-order chi connectivity index (χ1) is 15.5. The Morgan fingerprint density at radius 3 is 2.61 bits per heavy atom. The third kappa shape index (κ3) is 6.20. The zero-order chi connectivity index (χ0) is 24.2. The number of aliphatic imine (C=N–C) groups is 1. The number of nitrogens with zero attached hydrogens (tertiary/aromatic N) is 3. The smallest absolute Gasteiger partial charge is 0.317 e. The van der Waals surface area contributed by atoms with Crippen LogP contribution in [0.1, 0.15) is 53.4 Å². The Labute approximate surface area is 200 Å². The molecule has 0 aromatic heterocycles. The fourth-order valence-electron chi connectivity index (χ4n) is 4.26. The number of carbonyl (C=O) groups is 3. The second-order valence-electron chi connectivity index (χ2n) is 10.6. The molecule has 33 heavy (non-hydrogen) atoms. The molecule has 10 heteroatoms. The molecule has 3 heterocycles. The number of hydrogen-bond acceptors (Lipinski definition) is 8. The fourth-order valence-corrected chi connectivity index (χ4v) is 5.74. The van der Waals surface area contributed by atoms with E-state index < -0.39 is 35.6 Å². The van der Waals surface area contributed by atoms with Crippen molar-refractivity contribution in [2.24, 2.45) is 27.5 Å². The number of nitrogens with two attached hydrogens (primary N) is 1. The predicted molar refractivity (Wildman–Crippen MR) is 127 cm³/mol. The van der Waals surface area contributed by atoms with E-state index in [1.54, 1.807) is 44.4 Å². The Balaban J connectivity index is 1.44. The molecule has 3 aliphatic heterocycles. The maximum atomic E-state index is 12.7. The van der Waals surface area contributed by atoms with Gasteiger partial charge in [0.2, 0.25) is 6.79 Å². The average Bonchev–Trinajstić information content (AvgIpc) is 2.78. The minimum absolute atomic E-state index is 0.0459. The van der Waals surface area contributed by atoms with Gasteiger partial charge in [-0.25, -0.2) is 0 Å². The topological polar surface area (TPSA) is 115 Å². The number of esters is 2. The monoisotopic (exact) mass is 482 g/mol. The first kappa shape index (κ1) is 25.8. The number of thioether (sulfide) groups is 1. The van der Waals surface area contributed by atoms with Crippen LogP contribution < -0.4 is 5.73 Å². The van der Waals surface area contributed by atoms with Gasteiger partial charge in [-0.1, -0.05) is 0 Å². The van der Waals surface area contributed by atoms with Gasteiger partial charge in [0.15, 0.2) is 6.04 Å². The fraction of sp³-hybridized carbons (Fsp3) is 0.826. The van der Waals surface area contributed by atoms with Gasteiger partial charge < -0.3 is 25.0 Å². The first-order valence-corrected chi connectivity index (χ1v) is 12.8. The van der Waals surface area contributed by atoms with E-state index in [0.717, 1.165) is 44.8 Å². The lowest BCUT2D eigenvalue weighted by Gasteiger charge is -2.52. The molecule has 0 aliphatic carbocycles. The van der Waals surface area contributed by atoms with Crippen LogP contribution in [0, 0.1) is 16.7 Å². The van der Waals surface area contributed by atoms with Crippen molar-refractivity contribution in [1.29, 1.82) is 0 Å². The van der Waals surface area contributed by atoms with Crippen molar-refractivity contribution < 1.29 is 23.9 Å². The van der Waals surface area contributed by atoms with Gasteiger partial charge in [-0.15, -0.1) is 11.8 Å². The Morgan fingerprint density at radius 1 is 1.27 bits per heavy atom. The number of carbonyl (C=O) groups excluding carboxylic acids is 3. The highest BCUT2D eigenvalue weighted by molar-refractivity contribution is 8.00. The third-order valence-corrected chi connectivity index (χ3v) is 8.20. The van der Waals surface area contributed by atoms with Gasteiger partial charge in [-0.3, -0.25) is 19.4 Å². The van der Waals surface area contributed by atoms with Crippen LogP contribution in [0.2, 0.25) is 0 Å². The molecule has 3 atom stereocenters. The molecule has 9 nitrogen and oxygen atoms in total. The van der Waals surface area contributed by atoms with E-state index in [2.05, 4.69) is 9.89 Å². The van der Waals surface area contributed by atoms with Crippen molar-refractivity contribution in [3.8, 4) is 0 Å². The number of piperidine rings is 1. The van der Waals surface area contributed by atoms with Crippen LogP contribution in [0.25, 0.3) is 0 Å². The van der Waals surface area contributed by atoms with E-state index >= 15 is 0 Å². The van der Waals surface area contributed by atoms with Gasteiger partial charge in [-0.2, -0.15) is 0 Å². The summed E-state index contributed by atoms with van der Waals surface area (Å²) in [5.41, 5.74) is 4.10. The Bertz CT molecular complexity index is 762. The maximum Gasteiger partial charge on any atom is 0.317 e. The van der Waals surface area contributed by atoms with Gasteiger partial charge >= 0.3 is 11.9 Å². The van der Waals surface area contributed by atoms with Crippen LogP contribution in [-0.4, -0.2) is 84.1 Å². The highest BCUT2D eigenvalue weighted by Crippen LogP contribution is 2.43. The summed E-state index contributed by atoms with van der Waals surface area (Å²) >= 11 is 1.55. The summed E-state index contributed by atoms with van der Waals surface area (Å²) in [7, 11) is 0. The zero-order valence-corrected chi connectivity index (χ0v) is 21.1. The number of amides is 1. The largest absolute Gasteiger partial charge is 0.427 e. The number of ether oxygens (including phenoxy) is 2. The molecule has 186 valence electrons. The molecule has 3 saturated heterocycles. The molecule has 0 aromatic carbocycles. The highest BCUT2D eigenvalue weighted by atomic mass is 32.2. The van der Waals surface area contributed by atoms with Gasteiger partial charge in [0, 0.05) is 25.4 Å². The van der Waals surface area contributed by atoms with Crippen molar-refractivity contribution in [3.05, 3.63) is 0 Å². The highest BCUT2D eigenvalue weighted by Gasteiger charge is 2.55. The maximum absolute atomic E-state index is 12.7. The molecule has 0 saturated carbocycles. The van der Waals surface area contributed by atoms with Crippen molar-refractivity contribution in [1.82, 2.24) is 9.80 Å². The average molecular weight is 483 g/mol. The lowest BCUT2D eigenvalue weighted by atomic mass is 9.89. The Kier molecular flexibility index (Phi) is 8.31. The van der Waals surface area contributed by atoms with Crippen LogP contribution in [0.4, 0.5) is 0 Å². The second kappa shape index (κ2) is 10.6. The summed E-state index contributed by atoms with van der Waals surface area (Å²) in [6.45, 7) is 9.53. The molecular formula is C23H38N4O5S. The van der Waals surface area contributed by atoms with Crippen molar-refractivity contribution >= 4 is 35.9 Å². The van der Waals surface area contributed by atoms with E-state index in [9.17, 15) is 14.4 Å². The number of fused-ring (bicyclic) bond motifs is 1. The Morgan fingerprint density at radius 2 is 1.97 bits per heavy atom. The molecule has 3 fully saturated rings. The molecule has 0 aromatic rings. The van der Waals surface area contributed by atoms with Crippen LogP contribution >= 0.6 is 11.8 Å². The second-order valence-corrected chi connectivity index (χ2v) is 11.7. The van der Waals surface area contributed by atoms with Gasteiger partial charge in [0.1, 0.15) is 5.37 Å². The lowest BCUT2D eigenvalue weighted by Crippen LogP contribution is -2.68. The number of hydrogen-bond donors (Lipinski definition) is 1. The van der Waals surface area contributed by atoms with Gasteiger partial charge in [-0.05, 0) is 65.8 Å². The minimum Gasteiger partial charge on any atom is -0.427 e. The first-order valence-electron chi connectivity index (χ1n) is 11.8. The molecule has 2 unspecified atom stereocenters. The minimum atomic E-state index is -0.842. The van der Waals surface area contributed by atoms with Gasteiger partial charge in [0.25, 0.3) is 5.91 Å². The summed E-state index contributed by atoms with van der Waals surface area (Å²) < 4.78 is 10.2. The molecule has 0 spiro atoms. The molecule has 0 radical (unpaired) electrons. The van der Waals surface area contributed by atoms with E-state index in [-0.39, 0.29) is 17.8 Å².